The van der Waals surface area contributed by atoms with Crippen LogP contribution in [0, 0.1) is 6.92 Å². The van der Waals surface area contributed by atoms with Gasteiger partial charge < -0.3 is 5.32 Å². The van der Waals surface area contributed by atoms with E-state index in [1.54, 1.807) is 11.3 Å². The summed E-state index contributed by atoms with van der Waals surface area (Å²) in [6.07, 6.45) is 0. The first-order chi connectivity index (χ1) is 8.15. The predicted octanol–water partition coefficient (Wildman–Crippen LogP) is 4.87. The summed E-state index contributed by atoms with van der Waals surface area (Å²) in [5, 5.41) is 3.45. The number of aryl methyl sites for hydroxylation is 1. The van der Waals surface area contributed by atoms with Gasteiger partial charge in [-0.25, -0.2) is 0 Å². The van der Waals surface area contributed by atoms with Crippen LogP contribution in [0.4, 0.5) is 0 Å². The fourth-order valence-electron chi connectivity index (χ4n) is 1.51. The molecule has 0 spiro atoms. The molecule has 0 saturated heterocycles. The topological polar surface area (TPSA) is 12.0 Å². The van der Waals surface area contributed by atoms with Gasteiger partial charge in [0.2, 0.25) is 0 Å². The summed E-state index contributed by atoms with van der Waals surface area (Å²) in [4.78, 5) is 1.33. The second-order valence-corrected chi connectivity index (χ2v) is 7.23. The summed E-state index contributed by atoms with van der Waals surface area (Å²) in [5.41, 5.74) is 2.63. The van der Waals surface area contributed by atoms with Crippen molar-refractivity contribution in [3.05, 3.63) is 54.6 Å². The van der Waals surface area contributed by atoms with Gasteiger partial charge in [0.05, 0.1) is 3.79 Å². The minimum absolute atomic E-state index is 0.905. The van der Waals surface area contributed by atoms with Gasteiger partial charge in [-0.1, -0.05) is 29.8 Å². The van der Waals surface area contributed by atoms with Gasteiger partial charge in [0.25, 0.3) is 0 Å². The molecule has 0 fully saturated rings. The molecule has 90 valence electrons. The second-order valence-electron chi connectivity index (χ2n) is 3.92. The predicted molar refractivity (Wildman–Crippen MR) is 81.4 cm³/mol. The molecule has 1 nitrogen and oxygen atoms in total. The van der Waals surface area contributed by atoms with Crippen molar-refractivity contribution >= 4 is 43.2 Å². The monoisotopic (exact) mass is 373 g/mol. The lowest BCUT2D eigenvalue weighted by Crippen LogP contribution is -2.11. The van der Waals surface area contributed by atoms with Crippen molar-refractivity contribution in [1.82, 2.24) is 5.32 Å². The Labute approximate surface area is 123 Å². The summed E-state index contributed by atoms with van der Waals surface area (Å²) >= 11 is 8.76. The van der Waals surface area contributed by atoms with Crippen molar-refractivity contribution in [1.29, 1.82) is 0 Å². The van der Waals surface area contributed by atoms with Gasteiger partial charge in [-0.15, -0.1) is 11.3 Å². The molecular formula is C13H13Br2NS. The van der Waals surface area contributed by atoms with Crippen LogP contribution in [0.1, 0.15) is 16.0 Å². The van der Waals surface area contributed by atoms with Crippen molar-refractivity contribution in [2.45, 2.75) is 20.0 Å². The minimum atomic E-state index is 0.905. The second kappa shape index (κ2) is 6.14. The summed E-state index contributed by atoms with van der Waals surface area (Å²) in [6, 6.07) is 10.8. The molecule has 2 rings (SSSR count). The van der Waals surface area contributed by atoms with Crippen LogP contribution in [-0.4, -0.2) is 0 Å². The van der Waals surface area contributed by atoms with Crippen LogP contribution in [0.15, 0.2) is 38.6 Å². The van der Waals surface area contributed by atoms with Crippen LogP contribution >= 0.6 is 43.2 Å². The first-order valence-corrected chi connectivity index (χ1v) is 7.75. The van der Waals surface area contributed by atoms with E-state index in [1.807, 2.05) is 0 Å². The number of halogens is 2. The molecule has 17 heavy (non-hydrogen) atoms. The summed E-state index contributed by atoms with van der Waals surface area (Å²) in [6.45, 7) is 3.92. The van der Waals surface area contributed by atoms with E-state index in [9.17, 15) is 0 Å². The Morgan fingerprint density at radius 2 is 1.82 bits per heavy atom. The Balaban J connectivity index is 1.85. The minimum Gasteiger partial charge on any atom is -0.308 e. The van der Waals surface area contributed by atoms with Crippen molar-refractivity contribution < 1.29 is 0 Å². The average Bonchev–Trinajstić information content (AvgIpc) is 2.61. The van der Waals surface area contributed by atoms with Crippen LogP contribution in [0.3, 0.4) is 0 Å². The van der Waals surface area contributed by atoms with Crippen LogP contribution in [0.5, 0.6) is 0 Å². The van der Waals surface area contributed by atoms with Gasteiger partial charge in [-0.2, -0.15) is 0 Å². The maximum atomic E-state index is 3.50. The molecule has 0 aliphatic heterocycles. The Hall–Kier alpha value is -0.160. The molecule has 0 amide bonds. The van der Waals surface area contributed by atoms with Gasteiger partial charge in [0.1, 0.15) is 0 Å². The molecule has 1 aromatic carbocycles. The van der Waals surface area contributed by atoms with Gasteiger partial charge in [-0.05, 0) is 50.4 Å². The van der Waals surface area contributed by atoms with Crippen molar-refractivity contribution in [2.75, 3.05) is 0 Å². The van der Waals surface area contributed by atoms with Crippen molar-refractivity contribution in [3.63, 3.8) is 0 Å². The highest BCUT2D eigenvalue weighted by molar-refractivity contribution is 9.13. The zero-order chi connectivity index (χ0) is 12.3. The van der Waals surface area contributed by atoms with E-state index in [0.29, 0.717) is 0 Å². The van der Waals surface area contributed by atoms with E-state index in [-0.39, 0.29) is 0 Å². The van der Waals surface area contributed by atoms with E-state index >= 15 is 0 Å². The Bertz CT molecular complexity index is 471. The number of benzene rings is 1. The lowest BCUT2D eigenvalue weighted by molar-refractivity contribution is 0.701. The quantitative estimate of drug-likeness (QED) is 0.804. The highest BCUT2D eigenvalue weighted by Gasteiger charge is 2.03. The molecule has 1 N–H and O–H groups in total. The van der Waals surface area contributed by atoms with E-state index in [4.69, 9.17) is 0 Å². The molecular weight excluding hydrogens is 362 g/mol. The standard InChI is InChI=1S/C13H13Br2NS/c1-9-2-4-10(5-3-9)7-16-8-11-6-12(14)13(15)17-11/h2-6,16H,7-8H2,1H3. The molecule has 2 aromatic rings. The lowest BCUT2D eigenvalue weighted by atomic mass is 10.1. The Kier molecular flexibility index (Phi) is 4.79. The summed E-state index contributed by atoms with van der Waals surface area (Å²) < 4.78 is 2.29. The third-order valence-electron chi connectivity index (χ3n) is 2.45. The molecule has 0 aliphatic carbocycles. The SMILES string of the molecule is Cc1ccc(CNCc2cc(Br)c(Br)s2)cc1. The molecule has 0 saturated carbocycles. The average molecular weight is 375 g/mol. The number of hydrogen-bond donors (Lipinski definition) is 1. The van der Waals surface area contributed by atoms with E-state index < -0.39 is 0 Å². The number of rotatable bonds is 4. The largest absolute Gasteiger partial charge is 0.308 e. The Morgan fingerprint density at radius 3 is 2.41 bits per heavy atom. The van der Waals surface area contributed by atoms with E-state index in [2.05, 4.69) is 74.4 Å². The smallest absolute Gasteiger partial charge is 0.0843 e. The highest BCUT2D eigenvalue weighted by Crippen LogP contribution is 2.32. The van der Waals surface area contributed by atoms with Gasteiger partial charge in [0, 0.05) is 22.4 Å². The molecule has 1 aromatic heterocycles. The molecule has 1 heterocycles. The first-order valence-electron chi connectivity index (χ1n) is 5.35. The van der Waals surface area contributed by atoms with Gasteiger partial charge in [0.15, 0.2) is 0 Å². The number of hydrogen-bond acceptors (Lipinski definition) is 2. The summed E-state index contributed by atoms with van der Waals surface area (Å²) in [5.74, 6) is 0. The van der Waals surface area contributed by atoms with Gasteiger partial charge in [-0.3, -0.25) is 0 Å². The van der Waals surface area contributed by atoms with Crippen LogP contribution in [0.2, 0.25) is 0 Å². The zero-order valence-corrected chi connectivity index (χ0v) is 13.5. The fraction of sp³-hybridized carbons (Fsp3) is 0.231. The highest BCUT2D eigenvalue weighted by atomic mass is 79.9. The lowest BCUT2D eigenvalue weighted by Gasteiger charge is -2.03. The molecule has 0 aliphatic rings. The van der Waals surface area contributed by atoms with E-state index in [1.165, 1.54) is 16.0 Å². The molecule has 0 unspecified atom stereocenters. The molecule has 0 bridgehead atoms. The van der Waals surface area contributed by atoms with Crippen molar-refractivity contribution in [3.8, 4) is 0 Å². The molecule has 0 radical (unpaired) electrons. The third-order valence-corrected chi connectivity index (χ3v) is 5.70. The first kappa shape index (κ1) is 13.3. The van der Waals surface area contributed by atoms with Crippen LogP contribution < -0.4 is 5.32 Å². The molecule has 4 heteroatoms. The van der Waals surface area contributed by atoms with Crippen LogP contribution in [-0.2, 0) is 13.1 Å². The third kappa shape index (κ3) is 3.91. The number of thiophene rings is 1. The fourth-order valence-corrected chi connectivity index (χ4v) is 3.66. The van der Waals surface area contributed by atoms with Crippen molar-refractivity contribution in [2.24, 2.45) is 0 Å². The van der Waals surface area contributed by atoms with Gasteiger partial charge >= 0.3 is 0 Å². The Morgan fingerprint density at radius 1 is 1.12 bits per heavy atom. The maximum absolute atomic E-state index is 3.50. The normalized spacial score (nSPS) is 10.8. The van der Waals surface area contributed by atoms with E-state index in [0.717, 1.165) is 21.3 Å². The zero-order valence-electron chi connectivity index (χ0n) is 9.47. The molecule has 0 atom stereocenters. The summed E-state index contributed by atoms with van der Waals surface area (Å²) in [7, 11) is 0. The maximum Gasteiger partial charge on any atom is 0.0843 e. The number of nitrogens with one attached hydrogen (secondary N) is 1. The van der Waals surface area contributed by atoms with Crippen LogP contribution in [0.25, 0.3) is 0 Å².